The molecule has 0 radical (unpaired) electrons. The van der Waals surface area contributed by atoms with Crippen molar-refractivity contribution in [2.75, 3.05) is 11.5 Å². The number of carbonyl (C=O) groups is 1. The minimum Gasteiger partial charge on any atom is -0.482 e. The number of hydrogen-bond donors (Lipinski definition) is 1. The van der Waals surface area contributed by atoms with E-state index in [9.17, 15) is 13.2 Å². The third kappa shape index (κ3) is 3.87. The number of fused-ring (bicyclic) bond motifs is 2. The molecule has 5 rings (SSSR count). The minimum atomic E-state index is -3.84. The summed E-state index contributed by atoms with van der Waals surface area (Å²) in [6.07, 6.45) is 2.58. The molecule has 1 aliphatic carbocycles. The average molecular weight is 455 g/mol. The first-order valence-electron chi connectivity index (χ1n) is 10.4. The second-order valence-electron chi connectivity index (χ2n) is 7.89. The van der Waals surface area contributed by atoms with Crippen molar-refractivity contribution in [3.05, 3.63) is 65.3 Å². The second-order valence-corrected chi connectivity index (χ2v) is 9.61. The van der Waals surface area contributed by atoms with E-state index in [0.29, 0.717) is 23.2 Å². The Kier molecular flexibility index (Phi) is 5.18. The summed E-state index contributed by atoms with van der Waals surface area (Å²) in [6.45, 7) is 1.57. The van der Waals surface area contributed by atoms with E-state index in [0.717, 1.165) is 30.4 Å². The van der Waals surface area contributed by atoms with Crippen LogP contribution in [-0.2, 0) is 27.8 Å². The van der Waals surface area contributed by atoms with Gasteiger partial charge in [-0.05, 0) is 48.6 Å². The molecule has 0 bridgehead atoms. The Balaban J connectivity index is 1.45. The fourth-order valence-electron chi connectivity index (χ4n) is 4.20. The maximum Gasteiger partial charge on any atom is 0.265 e. The number of benzene rings is 2. The molecule has 32 heavy (non-hydrogen) atoms. The molecular formula is C22H22N4O5S. The van der Waals surface area contributed by atoms with E-state index < -0.39 is 10.0 Å². The van der Waals surface area contributed by atoms with Crippen molar-refractivity contribution in [1.82, 2.24) is 14.9 Å². The van der Waals surface area contributed by atoms with E-state index in [4.69, 9.17) is 9.26 Å². The van der Waals surface area contributed by atoms with Crippen molar-refractivity contribution in [1.29, 1.82) is 0 Å². The van der Waals surface area contributed by atoms with Crippen molar-refractivity contribution < 1.29 is 22.5 Å². The maximum atomic E-state index is 13.3. The smallest absolute Gasteiger partial charge is 0.265 e. The first-order chi connectivity index (χ1) is 15.4. The Bertz CT molecular complexity index is 1290. The zero-order chi connectivity index (χ0) is 22.3. The summed E-state index contributed by atoms with van der Waals surface area (Å²) >= 11 is 0. The lowest BCUT2D eigenvalue weighted by atomic mass is 9.88. The first kappa shape index (κ1) is 20.7. The van der Waals surface area contributed by atoms with E-state index in [1.807, 2.05) is 24.3 Å². The Morgan fingerprint density at radius 2 is 2.06 bits per heavy atom. The van der Waals surface area contributed by atoms with Crippen LogP contribution in [-0.4, -0.2) is 31.1 Å². The van der Waals surface area contributed by atoms with Crippen molar-refractivity contribution in [2.24, 2.45) is 0 Å². The summed E-state index contributed by atoms with van der Waals surface area (Å²) in [5.41, 5.74) is 2.53. The van der Waals surface area contributed by atoms with E-state index in [1.165, 1.54) is 17.0 Å². The number of anilines is 1. The lowest BCUT2D eigenvalue weighted by Gasteiger charge is -2.29. The number of amides is 1. The van der Waals surface area contributed by atoms with Gasteiger partial charge in [0.2, 0.25) is 15.9 Å². The highest BCUT2D eigenvalue weighted by Crippen LogP contribution is 2.36. The van der Waals surface area contributed by atoms with Crippen LogP contribution in [0.2, 0.25) is 0 Å². The van der Waals surface area contributed by atoms with Crippen molar-refractivity contribution in [2.45, 2.75) is 43.7 Å². The van der Waals surface area contributed by atoms with Gasteiger partial charge in [-0.1, -0.05) is 29.4 Å². The van der Waals surface area contributed by atoms with Gasteiger partial charge in [0, 0.05) is 13.0 Å². The number of carbonyl (C=O) groups excluding carboxylic acids is 1. The predicted molar refractivity (Wildman–Crippen MR) is 115 cm³/mol. The molecule has 2 aromatic carbocycles. The molecule has 1 amide bonds. The molecule has 3 aromatic rings. The van der Waals surface area contributed by atoms with Gasteiger partial charge in [-0.15, -0.1) is 0 Å². The number of nitrogens with one attached hydrogen (secondary N) is 1. The minimum absolute atomic E-state index is 0.0550. The van der Waals surface area contributed by atoms with Crippen LogP contribution in [0, 0.1) is 6.92 Å². The first-order valence-corrected chi connectivity index (χ1v) is 11.9. The van der Waals surface area contributed by atoms with Crippen LogP contribution in [0.15, 0.2) is 51.9 Å². The fourth-order valence-corrected chi connectivity index (χ4v) is 5.47. The molecule has 2 heterocycles. The van der Waals surface area contributed by atoms with E-state index >= 15 is 0 Å². The second kappa shape index (κ2) is 8.03. The van der Waals surface area contributed by atoms with Gasteiger partial charge in [0.1, 0.15) is 5.75 Å². The normalized spacial score (nSPS) is 18.1. The zero-order valence-corrected chi connectivity index (χ0v) is 18.3. The molecule has 1 N–H and O–H groups in total. The van der Waals surface area contributed by atoms with Gasteiger partial charge < -0.3 is 9.26 Å². The van der Waals surface area contributed by atoms with Crippen LogP contribution in [0.3, 0.4) is 0 Å². The van der Waals surface area contributed by atoms with Gasteiger partial charge in [-0.25, -0.2) is 13.1 Å². The number of sulfonamides is 1. The molecule has 1 atom stereocenters. The maximum absolute atomic E-state index is 13.3. The summed E-state index contributed by atoms with van der Waals surface area (Å²) < 4.78 is 39.8. The standard InChI is InChI=1S/C22H22N4O5S/c1-14-23-21(24-31-14)12-26-19-11-16(9-10-20(19)30-13-22(26)27)32(28,29)25-18-8-4-6-15-5-2-3-7-17(15)18/h2-3,5,7,9-11,18,25H,4,6,8,12-13H2,1H3/t18-/m1/s1. The molecule has 9 nitrogen and oxygen atoms in total. The van der Waals surface area contributed by atoms with E-state index in [2.05, 4.69) is 14.9 Å². The van der Waals surface area contributed by atoms with Gasteiger partial charge in [0.15, 0.2) is 12.4 Å². The van der Waals surface area contributed by atoms with Crippen LogP contribution in [0.5, 0.6) is 5.75 Å². The Hall–Kier alpha value is -3.24. The molecule has 166 valence electrons. The molecule has 0 fully saturated rings. The highest BCUT2D eigenvalue weighted by atomic mass is 32.2. The van der Waals surface area contributed by atoms with Crippen LogP contribution in [0.1, 0.15) is 41.7 Å². The number of aromatic nitrogens is 2. The third-order valence-electron chi connectivity index (χ3n) is 5.72. The van der Waals surface area contributed by atoms with Crippen LogP contribution in [0.25, 0.3) is 0 Å². The highest BCUT2D eigenvalue weighted by molar-refractivity contribution is 7.89. The van der Waals surface area contributed by atoms with Crippen LogP contribution < -0.4 is 14.4 Å². The van der Waals surface area contributed by atoms with Crippen LogP contribution >= 0.6 is 0 Å². The van der Waals surface area contributed by atoms with Gasteiger partial charge in [-0.3, -0.25) is 9.69 Å². The summed E-state index contributed by atoms with van der Waals surface area (Å²) in [4.78, 5) is 18.1. The number of ether oxygens (including phenoxy) is 1. The number of aryl methyl sites for hydroxylation is 2. The lowest BCUT2D eigenvalue weighted by Crippen LogP contribution is -2.39. The van der Waals surface area contributed by atoms with Crippen LogP contribution in [0.4, 0.5) is 5.69 Å². The van der Waals surface area contributed by atoms with Crippen molar-refractivity contribution in [3.63, 3.8) is 0 Å². The molecule has 10 heteroatoms. The number of hydrogen-bond acceptors (Lipinski definition) is 7. The number of nitrogens with zero attached hydrogens (tertiary/aromatic N) is 3. The molecule has 1 aromatic heterocycles. The topological polar surface area (TPSA) is 115 Å². The monoisotopic (exact) mass is 454 g/mol. The number of rotatable bonds is 5. The van der Waals surface area contributed by atoms with Gasteiger partial charge in [0.05, 0.1) is 17.1 Å². The van der Waals surface area contributed by atoms with Gasteiger partial charge in [0.25, 0.3) is 5.91 Å². The van der Waals surface area contributed by atoms with E-state index in [-0.39, 0.29) is 30.0 Å². The third-order valence-corrected chi connectivity index (χ3v) is 7.19. The highest BCUT2D eigenvalue weighted by Gasteiger charge is 2.30. The fraction of sp³-hybridized carbons (Fsp3) is 0.318. The summed E-state index contributed by atoms with van der Waals surface area (Å²) in [7, 11) is -3.84. The van der Waals surface area contributed by atoms with Crippen molar-refractivity contribution in [3.8, 4) is 5.75 Å². The summed E-state index contributed by atoms with van der Waals surface area (Å²) in [5, 5.41) is 3.84. The molecular weight excluding hydrogens is 432 g/mol. The lowest BCUT2D eigenvalue weighted by molar-refractivity contribution is -0.121. The van der Waals surface area contributed by atoms with E-state index in [1.54, 1.807) is 13.0 Å². The molecule has 0 saturated carbocycles. The quantitative estimate of drug-likeness (QED) is 0.630. The molecule has 1 aliphatic heterocycles. The Labute approximate surface area is 185 Å². The molecule has 2 aliphatic rings. The summed E-state index contributed by atoms with van der Waals surface area (Å²) in [6, 6.07) is 12.1. The SMILES string of the molecule is Cc1nc(CN2C(=O)COc3ccc(S(=O)(=O)N[C@@H]4CCCc5ccccc54)cc32)no1. The van der Waals surface area contributed by atoms with Gasteiger partial charge in [-0.2, -0.15) is 4.98 Å². The Morgan fingerprint density at radius 3 is 2.88 bits per heavy atom. The average Bonchev–Trinajstić information content (AvgIpc) is 3.20. The Morgan fingerprint density at radius 1 is 1.22 bits per heavy atom. The molecule has 0 unspecified atom stereocenters. The molecule has 0 saturated heterocycles. The largest absolute Gasteiger partial charge is 0.482 e. The zero-order valence-electron chi connectivity index (χ0n) is 17.4. The molecule has 0 spiro atoms. The van der Waals surface area contributed by atoms with Gasteiger partial charge >= 0.3 is 0 Å². The van der Waals surface area contributed by atoms with Crippen molar-refractivity contribution >= 4 is 21.6 Å². The predicted octanol–water partition coefficient (Wildman–Crippen LogP) is 2.66. The summed E-state index contributed by atoms with van der Waals surface area (Å²) in [5.74, 6) is 0.818.